The third-order valence-corrected chi connectivity index (χ3v) is 10.2. The van der Waals surface area contributed by atoms with Crippen LogP contribution in [0.15, 0.2) is 12.2 Å². The summed E-state index contributed by atoms with van der Waals surface area (Å²) in [5, 5.41) is 8.80. The average Bonchev–Trinajstić information content (AvgIpc) is 3.09. The highest BCUT2D eigenvalue weighted by Gasteiger charge is 2.03. The van der Waals surface area contributed by atoms with Crippen molar-refractivity contribution in [2.24, 2.45) is 0 Å². The minimum Gasteiger partial charge on any atom is -0.466 e. The van der Waals surface area contributed by atoms with E-state index in [1.807, 2.05) is 0 Å². The molecule has 0 atom stereocenters. The molecule has 0 saturated carbocycles. The van der Waals surface area contributed by atoms with Crippen LogP contribution in [0.5, 0.6) is 0 Å². The molecule has 0 heterocycles. The summed E-state index contributed by atoms with van der Waals surface area (Å²) in [6.45, 7) is 3.27. The van der Waals surface area contributed by atoms with Crippen molar-refractivity contribution >= 4 is 5.97 Å². The first-order valence-corrected chi connectivity index (χ1v) is 22.2. The van der Waals surface area contributed by atoms with Gasteiger partial charge in [0.2, 0.25) is 0 Å². The van der Waals surface area contributed by atoms with Crippen molar-refractivity contribution in [1.82, 2.24) is 0 Å². The van der Waals surface area contributed by atoms with Gasteiger partial charge in [-0.05, 0) is 44.9 Å². The van der Waals surface area contributed by atoms with E-state index in [-0.39, 0.29) is 5.97 Å². The molecule has 0 rings (SSSR count). The number of allylic oxidation sites excluding steroid dienone is 2. The van der Waals surface area contributed by atoms with Gasteiger partial charge in [-0.15, -0.1) is 0 Å². The predicted molar refractivity (Wildman–Crippen MR) is 213 cm³/mol. The number of hydrogen-bond acceptors (Lipinski definition) is 3. The van der Waals surface area contributed by atoms with Crippen molar-refractivity contribution in [1.29, 1.82) is 0 Å². The van der Waals surface area contributed by atoms with Gasteiger partial charge in [-0.2, -0.15) is 0 Å². The summed E-state index contributed by atoms with van der Waals surface area (Å²) in [6.07, 6.45) is 56.1. The fourth-order valence-electron chi connectivity index (χ4n) is 6.88. The third-order valence-electron chi connectivity index (χ3n) is 10.2. The Balaban J connectivity index is 3.17. The second kappa shape index (κ2) is 44.2. The van der Waals surface area contributed by atoms with Crippen LogP contribution in [-0.2, 0) is 9.53 Å². The van der Waals surface area contributed by atoms with E-state index >= 15 is 0 Å². The number of ether oxygens (including phenoxy) is 1. The lowest BCUT2D eigenvalue weighted by Gasteiger charge is -2.06. The highest BCUT2D eigenvalue weighted by Crippen LogP contribution is 2.16. The van der Waals surface area contributed by atoms with E-state index in [1.54, 1.807) is 0 Å². The number of unbranched alkanes of at least 4 members (excludes halogenated alkanes) is 35. The zero-order chi connectivity index (χ0) is 34.7. The smallest absolute Gasteiger partial charge is 0.305 e. The topological polar surface area (TPSA) is 46.5 Å². The van der Waals surface area contributed by atoms with Crippen molar-refractivity contribution in [2.45, 2.75) is 257 Å². The van der Waals surface area contributed by atoms with Crippen LogP contribution < -0.4 is 0 Å². The summed E-state index contributed by atoms with van der Waals surface area (Å²) < 4.78 is 5.47. The minimum atomic E-state index is 0.0219. The first-order valence-electron chi connectivity index (χ1n) is 22.2. The number of hydrogen-bond donors (Lipinski definition) is 1. The largest absolute Gasteiger partial charge is 0.466 e. The maximum Gasteiger partial charge on any atom is 0.305 e. The lowest BCUT2D eigenvalue weighted by molar-refractivity contribution is -0.143. The monoisotopic (exact) mass is 677 g/mol. The Labute approximate surface area is 302 Å². The molecule has 3 nitrogen and oxygen atoms in total. The number of aliphatic hydroxyl groups excluding tert-OH is 1. The zero-order valence-electron chi connectivity index (χ0n) is 32.9. The molecular weight excluding hydrogens is 588 g/mol. The van der Waals surface area contributed by atoms with Gasteiger partial charge in [0.15, 0.2) is 0 Å². The molecule has 0 fully saturated rings. The van der Waals surface area contributed by atoms with E-state index in [1.165, 1.54) is 225 Å². The quantitative estimate of drug-likeness (QED) is 0.0398. The fraction of sp³-hybridized carbons (Fsp3) is 0.933. The molecule has 0 bridgehead atoms. The molecule has 0 aliphatic rings. The molecule has 0 aromatic heterocycles. The Morgan fingerprint density at radius 2 is 0.688 bits per heavy atom. The van der Waals surface area contributed by atoms with Crippen LogP contribution in [0.3, 0.4) is 0 Å². The Bertz CT molecular complexity index is 615. The molecule has 0 spiro atoms. The van der Waals surface area contributed by atoms with Gasteiger partial charge >= 0.3 is 5.97 Å². The standard InChI is InChI=1S/C45H88O3/c1-2-3-4-5-6-7-8-9-10-11-12-13-15-18-21-24-27-30-33-36-39-42-45(47)48-44-41-38-35-32-29-26-23-20-17-14-16-19-22-25-28-31-34-37-40-43-46/h9-10,46H,2-8,11-44H2,1H3. The number of aliphatic hydroxyl groups is 1. The van der Waals surface area contributed by atoms with Crippen LogP contribution in [0.25, 0.3) is 0 Å². The molecule has 0 aromatic rings. The van der Waals surface area contributed by atoms with Crippen molar-refractivity contribution in [2.75, 3.05) is 13.2 Å². The van der Waals surface area contributed by atoms with Crippen LogP contribution >= 0.6 is 0 Å². The second-order valence-corrected chi connectivity index (χ2v) is 15.1. The molecule has 48 heavy (non-hydrogen) atoms. The van der Waals surface area contributed by atoms with Gasteiger partial charge in [-0.1, -0.05) is 218 Å². The average molecular weight is 677 g/mol. The number of rotatable bonds is 42. The molecule has 0 aromatic carbocycles. The van der Waals surface area contributed by atoms with Crippen LogP contribution in [0, 0.1) is 0 Å². The van der Waals surface area contributed by atoms with E-state index in [2.05, 4.69) is 19.1 Å². The van der Waals surface area contributed by atoms with Crippen molar-refractivity contribution in [3.05, 3.63) is 12.2 Å². The summed E-state index contributed by atoms with van der Waals surface area (Å²) in [5.74, 6) is 0.0219. The normalized spacial score (nSPS) is 11.6. The SMILES string of the molecule is CCCCCCCCC=CCCCCCCCCCCCCCC(=O)OCCCCCCCCCCCCCCCCCCCCCO. The number of carbonyl (C=O) groups is 1. The van der Waals surface area contributed by atoms with E-state index in [4.69, 9.17) is 9.84 Å². The molecule has 0 saturated heterocycles. The highest BCUT2D eigenvalue weighted by molar-refractivity contribution is 5.69. The first-order chi connectivity index (χ1) is 23.8. The molecule has 0 aliphatic heterocycles. The lowest BCUT2D eigenvalue weighted by atomic mass is 10.0. The summed E-state index contributed by atoms with van der Waals surface area (Å²) >= 11 is 0. The lowest BCUT2D eigenvalue weighted by Crippen LogP contribution is -2.05. The van der Waals surface area contributed by atoms with Gasteiger partial charge in [0.1, 0.15) is 0 Å². The molecule has 0 unspecified atom stereocenters. The van der Waals surface area contributed by atoms with Gasteiger partial charge in [-0.3, -0.25) is 4.79 Å². The highest BCUT2D eigenvalue weighted by atomic mass is 16.5. The Hall–Kier alpha value is -0.830. The third kappa shape index (κ3) is 43.2. The van der Waals surface area contributed by atoms with E-state index in [0.29, 0.717) is 19.6 Å². The molecule has 1 N–H and O–H groups in total. The Morgan fingerprint density at radius 3 is 1.04 bits per heavy atom. The maximum atomic E-state index is 12.0. The van der Waals surface area contributed by atoms with E-state index < -0.39 is 0 Å². The van der Waals surface area contributed by atoms with Crippen LogP contribution in [0.4, 0.5) is 0 Å². The van der Waals surface area contributed by atoms with Gasteiger partial charge in [0.05, 0.1) is 6.61 Å². The summed E-state index contributed by atoms with van der Waals surface area (Å²) in [5.41, 5.74) is 0. The van der Waals surface area contributed by atoms with E-state index in [9.17, 15) is 4.79 Å². The fourth-order valence-corrected chi connectivity index (χ4v) is 6.88. The molecule has 3 heteroatoms. The zero-order valence-corrected chi connectivity index (χ0v) is 32.9. The van der Waals surface area contributed by atoms with Gasteiger partial charge < -0.3 is 9.84 Å². The van der Waals surface area contributed by atoms with Gasteiger partial charge in [-0.25, -0.2) is 0 Å². The minimum absolute atomic E-state index is 0.0219. The van der Waals surface area contributed by atoms with Gasteiger partial charge in [0.25, 0.3) is 0 Å². The Morgan fingerprint density at radius 1 is 0.396 bits per heavy atom. The molecule has 0 amide bonds. The van der Waals surface area contributed by atoms with Crippen molar-refractivity contribution in [3.8, 4) is 0 Å². The van der Waals surface area contributed by atoms with Crippen molar-refractivity contribution < 1.29 is 14.6 Å². The molecule has 286 valence electrons. The van der Waals surface area contributed by atoms with E-state index in [0.717, 1.165) is 19.3 Å². The first kappa shape index (κ1) is 47.2. The molecule has 0 radical (unpaired) electrons. The van der Waals surface area contributed by atoms with Crippen molar-refractivity contribution in [3.63, 3.8) is 0 Å². The van der Waals surface area contributed by atoms with Crippen LogP contribution in [0.1, 0.15) is 257 Å². The number of esters is 1. The maximum absolute atomic E-state index is 12.0. The summed E-state index contributed by atoms with van der Waals surface area (Å²) in [7, 11) is 0. The van der Waals surface area contributed by atoms with Crippen LogP contribution in [-0.4, -0.2) is 24.3 Å². The predicted octanol–water partition coefficient (Wildman–Crippen LogP) is 15.3. The Kier molecular flexibility index (Phi) is 43.4. The summed E-state index contributed by atoms with van der Waals surface area (Å²) in [6, 6.07) is 0. The van der Waals surface area contributed by atoms with Crippen LogP contribution in [0.2, 0.25) is 0 Å². The van der Waals surface area contributed by atoms with Gasteiger partial charge in [0, 0.05) is 13.0 Å². The number of carbonyl (C=O) groups excluding carboxylic acids is 1. The summed E-state index contributed by atoms with van der Waals surface area (Å²) in [4.78, 5) is 12.0. The molecule has 0 aliphatic carbocycles. The molecular formula is C45H88O3. The second-order valence-electron chi connectivity index (χ2n) is 15.1.